The fraction of sp³-hybridized carbons (Fsp3) is 0.105. The molecule has 0 aliphatic rings. The van der Waals surface area contributed by atoms with E-state index in [1.54, 1.807) is 30.6 Å². The van der Waals surface area contributed by atoms with Crippen molar-refractivity contribution in [2.75, 3.05) is 0 Å². The van der Waals surface area contributed by atoms with Gasteiger partial charge in [0, 0.05) is 35.3 Å². The normalized spacial score (nSPS) is 11.9. The number of halogens is 4. The van der Waals surface area contributed by atoms with Crippen LogP contribution in [0.1, 0.15) is 11.3 Å². The number of aromatic nitrogens is 4. The quantitative estimate of drug-likeness (QED) is 0.469. The van der Waals surface area contributed by atoms with Crippen molar-refractivity contribution >= 4 is 5.78 Å². The lowest BCUT2D eigenvalue weighted by Gasteiger charge is -2.10. The van der Waals surface area contributed by atoms with Gasteiger partial charge in [0.15, 0.2) is 0 Å². The van der Waals surface area contributed by atoms with Crippen molar-refractivity contribution in [3.63, 3.8) is 0 Å². The average Bonchev–Trinajstić information content (AvgIpc) is 3.05. The van der Waals surface area contributed by atoms with Crippen molar-refractivity contribution in [2.24, 2.45) is 0 Å². The Morgan fingerprint density at radius 2 is 1.81 bits per heavy atom. The van der Waals surface area contributed by atoms with E-state index in [1.165, 1.54) is 22.9 Å². The van der Waals surface area contributed by atoms with Crippen LogP contribution in [-0.2, 0) is 6.18 Å². The van der Waals surface area contributed by atoms with Gasteiger partial charge >= 0.3 is 6.18 Å². The summed E-state index contributed by atoms with van der Waals surface area (Å²) in [5.74, 6) is -0.496. The first kappa shape index (κ1) is 17.1. The number of nitrogens with zero attached hydrogens (tertiary/aromatic N) is 4. The molecule has 4 nitrogen and oxygen atoms in total. The molecule has 0 bridgehead atoms. The molecule has 4 rings (SSSR count). The highest BCUT2D eigenvalue weighted by Gasteiger charge is 2.33. The van der Waals surface area contributed by atoms with Gasteiger partial charge in [-0.2, -0.15) is 13.2 Å². The lowest BCUT2D eigenvalue weighted by atomic mass is 9.99. The molecule has 136 valence electrons. The van der Waals surface area contributed by atoms with E-state index < -0.39 is 17.7 Å². The Kier molecular flexibility index (Phi) is 3.91. The first-order chi connectivity index (χ1) is 12.8. The first-order valence-electron chi connectivity index (χ1n) is 7.97. The Morgan fingerprint density at radius 3 is 2.56 bits per heavy atom. The number of pyridine rings is 1. The molecule has 0 aliphatic heterocycles. The number of fused-ring (bicyclic) bond motifs is 1. The van der Waals surface area contributed by atoms with Gasteiger partial charge < -0.3 is 0 Å². The van der Waals surface area contributed by atoms with Gasteiger partial charge in [0.1, 0.15) is 11.5 Å². The van der Waals surface area contributed by atoms with Crippen molar-refractivity contribution in [1.29, 1.82) is 0 Å². The van der Waals surface area contributed by atoms with Crippen molar-refractivity contribution in [1.82, 2.24) is 19.4 Å². The Morgan fingerprint density at radius 1 is 1.00 bits per heavy atom. The van der Waals surface area contributed by atoms with Crippen LogP contribution < -0.4 is 0 Å². The molecule has 0 aliphatic carbocycles. The molecular formula is C19H12F4N4. The lowest BCUT2D eigenvalue weighted by Crippen LogP contribution is -2.09. The Hall–Kier alpha value is -3.29. The molecule has 1 aromatic carbocycles. The second-order valence-corrected chi connectivity index (χ2v) is 6.01. The average molecular weight is 372 g/mol. The minimum atomic E-state index is -4.55. The van der Waals surface area contributed by atoms with Crippen molar-refractivity contribution < 1.29 is 17.6 Å². The SMILES string of the molecule is Cc1ccncc1-c1cc(-c2cnc3nc(C(F)(F)F)ccn23)ccc1F. The number of rotatable bonds is 2. The molecule has 0 fully saturated rings. The molecule has 0 spiro atoms. The van der Waals surface area contributed by atoms with Gasteiger partial charge in [-0.25, -0.2) is 14.4 Å². The van der Waals surface area contributed by atoms with E-state index in [-0.39, 0.29) is 5.78 Å². The maximum absolute atomic E-state index is 14.4. The molecule has 3 aromatic heterocycles. The summed E-state index contributed by atoms with van der Waals surface area (Å²) in [4.78, 5) is 11.5. The van der Waals surface area contributed by atoms with E-state index in [4.69, 9.17) is 0 Å². The molecule has 27 heavy (non-hydrogen) atoms. The van der Waals surface area contributed by atoms with E-state index in [0.29, 0.717) is 22.4 Å². The molecule has 0 atom stereocenters. The van der Waals surface area contributed by atoms with E-state index in [2.05, 4.69) is 15.0 Å². The second kappa shape index (κ2) is 6.15. The smallest absolute Gasteiger partial charge is 0.284 e. The number of alkyl halides is 3. The maximum Gasteiger partial charge on any atom is 0.433 e. The number of benzene rings is 1. The number of aryl methyl sites for hydroxylation is 1. The van der Waals surface area contributed by atoms with Crippen LogP contribution in [0.3, 0.4) is 0 Å². The van der Waals surface area contributed by atoms with E-state index in [1.807, 2.05) is 6.92 Å². The van der Waals surface area contributed by atoms with Crippen LogP contribution in [0.4, 0.5) is 17.6 Å². The zero-order chi connectivity index (χ0) is 19.2. The van der Waals surface area contributed by atoms with Crippen LogP contribution in [-0.4, -0.2) is 19.4 Å². The van der Waals surface area contributed by atoms with Gasteiger partial charge in [-0.15, -0.1) is 0 Å². The lowest BCUT2D eigenvalue weighted by molar-refractivity contribution is -0.141. The Bertz CT molecular complexity index is 1150. The molecule has 0 amide bonds. The standard InChI is InChI=1S/C19H12F4N4/c1-11-4-6-24-9-14(11)13-8-12(2-3-15(13)20)16-10-25-18-26-17(19(21,22)23)5-7-27(16)18/h2-10H,1H3. The molecule has 0 N–H and O–H groups in total. The third-order valence-electron chi connectivity index (χ3n) is 4.26. The van der Waals surface area contributed by atoms with Crippen LogP contribution in [0.2, 0.25) is 0 Å². The summed E-state index contributed by atoms with van der Waals surface area (Å²) in [5, 5.41) is 0. The zero-order valence-electron chi connectivity index (χ0n) is 14.0. The van der Waals surface area contributed by atoms with Crippen LogP contribution in [0.25, 0.3) is 28.2 Å². The van der Waals surface area contributed by atoms with E-state index >= 15 is 0 Å². The summed E-state index contributed by atoms with van der Waals surface area (Å²) in [7, 11) is 0. The van der Waals surface area contributed by atoms with Crippen molar-refractivity contribution in [3.05, 3.63) is 72.2 Å². The summed E-state index contributed by atoms with van der Waals surface area (Å²) in [6.07, 6.45) is 1.31. The fourth-order valence-electron chi connectivity index (χ4n) is 2.88. The monoisotopic (exact) mass is 372 g/mol. The van der Waals surface area contributed by atoms with Crippen LogP contribution >= 0.6 is 0 Å². The van der Waals surface area contributed by atoms with Crippen LogP contribution in [0, 0.1) is 12.7 Å². The van der Waals surface area contributed by atoms with Gasteiger partial charge in [0.2, 0.25) is 5.78 Å². The molecule has 4 aromatic rings. The number of hydrogen-bond acceptors (Lipinski definition) is 3. The molecule has 0 radical (unpaired) electrons. The predicted molar refractivity (Wildman–Crippen MR) is 91.4 cm³/mol. The highest BCUT2D eigenvalue weighted by molar-refractivity contribution is 5.74. The summed E-state index contributed by atoms with van der Waals surface area (Å²) in [6, 6.07) is 7.15. The third-order valence-corrected chi connectivity index (χ3v) is 4.26. The first-order valence-corrected chi connectivity index (χ1v) is 7.97. The summed E-state index contributed by atoms with van der Waals surface area (Å²) in [5.41, 5.74) is 1.95. The topological polar surface area (TPSA) is 43.1 Å². The minimum Gasteiger partial charge on any atom is -0.284 e. The number of imidazole rings is 1. The Balaban J connectivity index is 1.85. The van der Waals surface area contributed by atoms with Gasteiger partial charge in [0.25, 0.3) is 0 Å². The van der Waals surface area contributed by atoms with Gasteiger partial charge in [0.05, 0.1) is 11.9 Å². The zero-order valence-corrected chi connectivity index (χ0v) is 14.0. The minimum absolute atomic E-state index is 0.0803. The molecule has 0 saturated heterocycles. The van der Waals surface area contributed by atoms with E-state index in [9.17, 15) is 17.6 Å². The van der Waals surface area contributed by atoms with Crippen LogP contribution in [0.15, 0.2) is 55.1 Å². The van der Waals surface area contributed by atoms with Crippen molar-refractivity contribution in [2.45, 2.75) is 13.1 Å². The summed E-state index contributed by atoms with van der Waals surface area (Å²) in [6.45, 7) is 1.85. The molecule has 0 saturated carbocycles. The molecule has 0 unspecified atom stereocenters. The number of hydrogen-bond donors (Lipinski definition) is 0. The van der Waals surface area contributed by atoms with Gasteiger partial charge in [-0.05, 0) is 42.8 Å². The predicted octanol–water partition coefficient (Wildman–Crippen LogP) is 4.92. The van der Waals surface area contributed by atoms with Crippen LogP contribution in [0.5, 0.6) is 0 Å². The fourth-order valence-corrected chi connectivity index (χ4v) is 2.88. The molecular weight excluding hydrogens is 360 g/mol. The highest BCUT2D eigenvalue weighted by atomic mass is 19.4. The maximum atomic E-state index is 14.4. The van der Waals surface area contributed by atoms with Gasteiger partial charge in [-0.1, -0.05) is 0 Å². The van der Waals surface area contributed by atoms with Crippen molar-refractivity contribution in [3.8, 4) is 22.4 Å². The second-order valence-electron chi connectivity index (χ2n) is 6.01. The molecule has 8 heteroatoms. The van der Waals surface area contributed by atoms with E-state index in [0.717, 1.165) is 11.6 Å². The largest absolute Gasteiger partial charge is 0.433 e. The molecule has 3 heterocycles. The van der Waals surface area contributed by atoms with Gasteiger partial charge in [-0.3, -0.25) is 9.38 Å². The summed E-state index contributed by atoms with van der Waals surface area (Å²) < 4.78 is 54.3. The Labute approximate surface area is 151 Å². The third kappa shape index (κ3) is 3.03. The summed E-state index contributed by atoms with van der Waals surface area (Å²) >= 11 is 0. The highest BCUT2D eigenvalue weighted by Crippen LogP contribution is 2.32.